The first kappa shape index (κ1) is 7.66. The molecular formula is C7H15N3. The van der Waals surface area contributed by atoms with Crippen LogP contribution >= 0.6 is 0 Å². The molecule has 1 aliphatic carbocycles. The van der Waals surface area contributed by atoms with Crippen molar-refractivity contribution in [2.75, 3.05) is 7.05 Å². The van der Waals surface area contributed by atoms with Crippen LogP contribution in [0, 0.1) is 0 Å². The Morgan fingerprint density at radius 1 is 1.20 bits per heavy atom. The van der Waals surface area contributed by atoms with E-state index in [1.54, 1.807) is 7.05 Å². The first-order valence-corrected chi connectivity index (χ1v) is 3.87. The van der Waals surface area contributed by atoms with Gasteiger partial charge in [0.25, 0.3) is 0 Å². The van der Waals surface area contributed by atoms with Crippen LogP contribution in [0.2, 0.25) is 0 Å². The lowest BCUT2D eigenvalue weighted by molar-refractivity contribution is 0.387. The average Bonchev–Trinajstić information content (AvgIpc) is 1.95. The SMILES string of the molecule is CN=NC1CCC(N)CC1. The third-order valence-electron chi connectivity index (χ3n) is 2.02. The fourth-order valence-corrected chi connectivity index (χ4v) is 1.38. The summed E-state index contributed by atoms with van der Waals surface area (Å²) in [5.41, 5.74) is 5.72. The smallest absolute Gasteiger partial charge is 0.0709 e. The largest absolute Gasteiger partial charge is 0.328 e. The molecule has 1 saturated carbocycles. The first-order valence-electron chi connectivity index (χ1n) is 3.87. The van der Waals surface area contributed by atoms with Crippen LogP contribution in [-0.4, -0.2) is 19.1 Å². The molecular weight excluding hydrogens is 126 g/mol. The van der Waals surface area contributed by atoms with Crippen molar-refractivity contribution in [3.8, 4) is 0 Å². The maximum atomic E-state index is 5.72. The highest BCUT2D eigenvalue weighted by Gasteiger charge is 2.17. The maximum Gasteiger partial charge on any atom is 0.0709 e. The predicted octanol–water partition coefficient (Wildman–Crippen LogP) is 1.34. The van der Waals surface area contributed by atoms with Crippen LogP contribution in [-0.2, 0) is 0 Å². The summed E-state index contributed by atoms with van der Waals surface area (Å²) in [7, 11) is 1.73. The van der Waals surface area contributed by atoms with Crippen molar-refractivity contribution in [3.63, 3.8) is 0 Å². The second kappa shape index (κ2) is 3.66. The quantitative estimate of drug-likeness (QED) is 0.550. The van der Waals surface area contributed by atoms with Crippen LogP contribution in [0.1, 0.15) is 25.7 Å². The Kier molecular flexibility index (Phi) is 2.81. The third kappa shape index (κ3) is 2.06. The molecule has 0 aromatic carbocycles. The summed E-state index contributed by atoms with van der Waals surface area (Å²) in [6.07, 6.45) is 4.48. The molecule has 0 aliphatic heterocycles. The molecule has 10 heavy (non-hydrogen) atoms. The van der Waals surface area contributed by atoms with Crippen molar-refractivity contribution in [2.45, 2.75) is 37.8 Å². The summed E-state index contributed by atoms with van der Waals surface area (Å²) in [6.45, 7) is 0. The minimum absolute atomic E-state index is 0.420. The third-order valence-corrected chi connectivity index (χ3v) is 2.02. The van der Waals surface area contributed by atoms with E-state index in [9.17, 15) is 0 Å². The molecule has 0 saturated heterocycles. The normalized spacial score (nSPS) is 35.0. The van der Waals surface area contributed by atoms with Gasteiger partial charge >= 0.3 is 0 Å². The second-order valence-corrected chi connectivity index (χ2v) is 2.88. The summed E-state index contributed by atoms with van der Waals surface area (Å²) in [5, 5.41) is 7.86. The number of nitrogens with two attached hydrogens (primary N) is 1. The van der Waals surface area contributed by atoms with Crippen LogP contribution in [0.5, 0.6) is 0 Å². The number of hydrogen-bond acceptors (Lipinski definition) is 3. The summed E-state index contributed by atoms with van der Waals surface area (Å²) in [4.78, 5) is 0. The van der Waals surface area contributed by atoms with E-state index in [2.05, 4.69) is 10.2 Å². The van der Waals surface area contributed by atoms with Crippen molar-refractivity contribution < 1.29 is 0 Å². The van der Waals surface area contributed by atoms with Crippen LogP contribution in [0.15, 0.2) is 10.2 Å². The summed E-state index contributed by atoms with van der Waals surface area (Å²) in [5.74, 6) is 0. The Labute approximate surface area is 61.7 Å². The van der Waals surface area contributed by atoms with E-state index in [0.29, 0.717) is 12.1 Å². The van der Waals surface area contributed by atoms with E-state index in [1.165, 1.54) is 0 Å². The lowest BCUT2D eigenvalue weighted by Gasteiger charge is -2.21. The molecule has 0 aromatic rings. The maximum absolute atomic E-state index is 5.72. The van der Waals surface area contributed by atoms with Gasteiger partial charge in [-0.15, -0.1) is 0 Å². The van der Waals surface area contributed by atoms with Crippen molar-refractivity contribution >= 4 is 0 Å². The topological polar surface area (TPSA) is 50.7 Å². The van der Waals surface area contributed by atoms with Crippen LogP contribution < -0.4 is 5.73 Å². The van der Waals surface area contributed by atoms with E-state index in [1.807, 2.05) is 0 Å². The molecule has 0 bridgehead atoms. The number of rotatable bonds is 1. The number of nitrogens with zero attached hydrogens (tertiary/aromatic N) is 2. The molecule has 0 unspecified atom stereocenters. The first-order chi connectivity index (χ1) is 4.83. The number of hydrogen-bond donors (Lipinski definition) is 1. The molecule has 0 radical (unpaired) electrons. The van der Waals surface area contributed by atoms with E-state index in [0.717, 1.165) is 25.7 Å². The van der Waals surface area contributed by atoms with Gasteiger partial charge in [-0.3, -0.25) is 0 Å². The van der Waals surface area contributed by atoms with E-state index in [4.69, 9.17) is 5.73 Å². The van der Waals surface area contributed by atoms with Crippen LogP contribution in [0.4, 0.5) is 0 Å². The van der Waals surface area contributed by atoms with Gasteiger partial charge in [0, 0.05) is 13.1 Å². The van der Waals surface area contributed by atoms with Gasteiger partial charge in [-0.05, 0) is 25.7 Å². The summed E-state index contributed by atoms with van der Waals surface area (Å²) in [6, 6.07) is 0.883. The van der Waals surface area contributed by atoms with Gasteiger partial charge in [0.2, 0.25) is 0 Å². The Hall–Kier alpha value is -0.440. The van der Waals surface area contributed by atoms with Gasteiger partial charge in [0.05, 0.1) is 6.04 Å². The predicted molar refractivity (Wildman–Crippen MR) is 41.0 cm³/mol. The highest BCUT2D eigenvalue weighted by Crippen LogP contribution is 2.19. The Balaban J connectivity index is 2.26. The molecule has 0 aromatic heterocycles. The average molecular weight is 141 g/mol. The zero-order valence-electron chi connectivity index (χ0n) is 6.45. The number of azo groups is 1. The minimum Gasteiger partial charge on any atom is -0.328 e. The Bertz CT molecular complexity index is 114. The minimum atomic E-state index is 0.420. The highest BCUT2D eigenvalue weighted by atomic mass is 15.1. The summed E-state index contributed by atoms with van der Waals surface area (Å²) < 4.78 is 0. The van der Waals surface area contributed by atoms with Gasteiger partial charge in [-0.2, -0.15) is 10.2 Å². The molecule has 0 heterocycles. The van der Waals surface area contributed by atoms with E-state index >= 15 is 0 Å². The molecule has 3 heteroatoms. The van der Waals surface area contributed by atoms with Gasteiger partial charge in [-0.25, -0.2) is 0 Å². The van der Waals surface area contributed by atoms with Crippen LogP contribution in [0.3, 0.4) is 0 Å². The highest BCUT2D eigenvalue weighted by molar-refractivity contribution is 4.77. The molecule has 0 amide bonds. The van der Waals surface area contributed by atoms with Crippen molar-refractivity contribution in [2.24, 2.45) is 16.0 Å². The van der Waals surface area contributed by atoms with E-state index in [-0.39, 0.29) is 0 Å². The summed E-state index contributed by atoms with van der Waals surface area (Å²) >= 11 is 0. The monoisotopic (exact) mass is 141 g/mol. The lowest BCUT2D eigenvalue weighted by Crippen LogP contribution is -2.27. The molecule has 1 rings (SSSR count). The Morgan fingerprint density at radius 2 is 1.80 bits per heavy atom. The van der Waals surface area contributed by atoms with Gasteiger partial charge in [0.15, 0.2) is 0 Å². The van der Waals surface area contributed by atoms with Crippen molar-refractivity contribution in [1.82, 2.24) is 0 Å². The lowest BCUT2D eigenvalue weighted by atomic mass is 9.92. The second-order valence-electron chi connectivity index (χ2n) is 2.88. The molecule has 2 N–H and O–H groups in total. The fourth-order valence-electron chi connectivity index (χ4n) is 1.38. The molecule has 0 atom stereocenters. The van der Waals surface area contributed by atoms with Gasteiger partial charge < -0.3 is 5.73 Å². The standard InChI is InChI=1S/C7H15N3/c1-9-10-7-4-2-6(8)3-5-7/h6-7H,2-5,8H2,1H3. The molecule has 3 nitrogen and oxygen atoms in total. The zero-order chi connectivity index (χ0) is 7.40. The van der Waals surface area contributed by atoms with Crippen LogP contribution in [0.25, 0.3) is 0 Å². The molecule has 1 aliphatic rings. The van der Waals surface area contributed by atoms with Crippen molar-refractivity contribution in [3.05, 3.63) is 0 Å². The van der Waals surface area contributed by atoms with E-state index < -0.39 is 0 Å². The molecule has 58 valence electrons. The molecule has 1 fully saturated rings. The Morgan fingerprint density at radius 3 is 2.30 bits per heavy atom. The molecule has 0 spiro atoms. The van der Waals surface area contributed by atoms with Gasteiger partial charge in [-0.1, -0.05) is 0 Å². The van der Waals surface area contributed by atoms with Crippen molar-refractivity contribution in [1.29, 1.82) is 0 Å². The van der Waals surface area contributed by atoms with Gasteiger partial charge in [0.1, 0.15) is 0 Å². The fraction of sp³-hybridized carbons (Fsp3) is 1.00. The zero-order valence-corrected chi connectivity index (χ0v) is 6.45.